The van der Waals surface area contributed by atoms with Gasteiger partial charge in [-0.2, -0.15) is 17.4 Å². The summed E-state index contributed by atoms with van der Waals surface area (Å²) in [5.74, 6) is -1.04. The van der Waals surface area contributed by atoms with E-state index in [1.165, 1.54) is 28.8 Å². The van der Waals surface area contributed by atoms with E-state index in [1.54, 1.807) is 25.3 Å². The molecule has 0 saturated heterocycles. The first-order valence-corrected chi connectivity index (χ1v) is 8.26. The van der Waals surface area contributed by atoms with E-state index in [0.29, 0.717) is 5.56 Å². The van der Waals surface area contributed by atoms with Crippen LogP contribution in [-0.4, -0.2) is 36.9 Å². The van der Waals surface area contributed by atoms with Gasteiger partial charge in [0.25, 0.3) is 10.2 Å². The number of carbonyl (C=O) groups is 1. The number of hydrogen-bond donors (Lipinski definition) is 2. The molecule has 6 nitrogen and oxygen atoms in total. The maximum absolute atomic E-state index is 12.0. The molecule has 0 aliphatic rings. The molecule has 1 aromatic heterocycles. The summed E-state index contributed by atoms with van der Waals surface area (Å²) < 4.78 is 27.6. The van der Waals surface area contributed by atoms with Crippen LogP contribution in [0.15, 0.2) is 17.5 Å². The second-order valence-electron chi connectivity index (χ2n) is 4.41. The summed E-state index contributed by atoms with van der Waals surface area (Å²) in [7, 11) is -2.03. The van der Waals surface area contributed by atoms with Crippen LogP contribution in [0.25, 0.3) is 6.08 Å². The number of rotatable bonds is 7. The summed E-state index contributed by atoms with van der Waals surface area (Å²) >= 11 is 1.37. The van der Waals surface area contributed by atoms with Gasteiger partial charge in [0.15, 0.2) is 0 Å². The minimum absolute atomic E-state index is 0.135. The third kappa shape index (κ3) is 4.71. The molecule has 0 aliphatic carbocycles. The molecule has 112 valence electrons. The van der Waals surface area contributed by atoms with Crippen molar-refractivity contribution in [2.45, 2.75) is 26.4 Å². The number of carboxylic acids is 1. The first-order valence-electron chi connectivity index (χ1n) is 5.94. The van der Waals surface area contributed by atoms with Crippen LogP contribution in [0.1, 0.15) is 24.3 Å². The highest BCUT2D eigenvalue weighted by Crippen LogP contribution is 2.18. The number of nitrogens with zero attached hydrogens (tertiary/aromatic N) is 1. The largest absolute Gasteiger partial charge is 0.478 e. The fourth-order valence-electron chi connectivity index (χ4n) is 1.34. The Balaban J connectivity index is 2.76. The van der Waals surface area contributed by atoms with Crippen molar-refractivity contribution in [3.8, 4) is 0 Å². The van der Waals surface area contributed by atoms with Gasteiger partial charge in [0.05, 0.1) is 0 Å². The van der Waals surface area contributed by atoms with Crippen molar-refractivity contribution >= 4 is 33.6 Å². The van der Waals surface area contributed by atoms with E-state index in [4.69, 9.17) is 5.11 Å². The quantitative estimate of drug-likeness (QED) is 0.746. The zero-order valence-corrected chi connectivity index (χ0v) is 13.2. The first kappa shape index (κ1) is 16.8. The van der Waals surface area contributed by atoms with Gasteiger partial charge in [-0.25, -0.2) is 4.79 Å². The molecule has 0 radical (unpaired) electrons. The fourth-order valence-corrected chi connectivity index (χ4v) is 3.32. The number of hydrogen-bond acceptors (Lipinski definition) is 4. The van der Waals surface area contributed by atoms with Crippen LogP contribution in [0, 0.1) is 0 Å². The lowest BCUT2D eigenvalue weighted by Crippen LogP contribution is -2.41. The molecule has 0 aromatic carbocycles. The van der Waals surface area contributed by atoms with Crippen molar-refractivity contribution in [3.63, 3.8) is 0 Å². The van der Waals surface area contributed by atoms with Crippen LogP contribution in [0.3, 0.4) is 0 Å². The third-order valence-corrected chi connectivity index (χ3v) is 5.33. The van der Waals surface area contributed by atoms with Crippen molar-refractivity contribution < 1.29 is 18.3 Å². The van der Waals surface area contributed by atoms with E-state index in [9.17, 15) is 13.2 Å². The lowest BCUT2D eigenvalue weighted by molar-refractivity contribution is -0.131. The molecule has 1 heterocycles. The zero-order chi connectivity index (χ0) is 15.3. The summed E-state index contributed by atoms with van der Waals surface area (Å²) in [5.41, 5.74) is 0.701. The van der Waals surface area contributed by atoms with Crippen molar-refractivity contribution in [1.29, 1.82) is 0 Å². The van der Waals surface area contributed by atoms with Crippen LogP contribution in [0.5, 0.6) is 0 Å². The van der Waals surface area contributed by atoms with Crippen molar-refractivity contribution in [2.75, 3.05) is 7.05 Å². The van der Waals surface area contributed by atoms with Crippen LogP contribution in [0.2, 0.25) is 0 Å². The summed E-state index contributed by atoms with van der Waals surface area (Å²) in [4.78, 5) is 11.3. The van der Waals surface area contributed by atoms with Gasteiger partial charge in [-0.1, -0.05) is 0 Å². The number of thiophene rings is 1. The molecule has 0 aliphatic heterocycles. The molecular weight excluding hydrogens is 300 g/mol. The number of carboxylic acid groups (broad SMARTS) is 1. The Labute approximate surface area is 122 Å². The van der Waals surface area contributed by atoms with Gasteiger partial charge >= 0.3 is 5.97 Å². The summed E-state index contributed by atoms with van der Waals surface area (Å²) in [6.45, 7) is 3.70. The summed E-state index contributed by atoms with van der Waals surface area (Å²) in [6.07, 6.45) is 2.48. The third-order valence-electron chi connectivity index (χ3n) is 2.71. The van der Waals surface area contributed by atoms with Crippen LogP contribution >= 0.6 is 11.3 Å². The van der Waals surface area contributed by atoms with Crippen LogP contribution in [-0.2, 0) is 21.5 Å². The smallest absolute Gasteiger partial charge is 0.328 e. The summed E-state index contributed by atoms with van der Waals surface area (Å²) in [5, 5.41) is 10.4. The highest BCUT2D eigenvalue weighted by Gasteiger charge is 2.20. The van der Waals surface area contributed by atoms with E-state index in [1.807, 2.05) is 0 Å². The van der Waals surface area contributed by atoms with Crippen LogP contribution < -0.4 is 4.72 Å². The predicted molar refractivity (Wildman–Crippen MR) is 79.6 cm³/mol. The van der Waals surface area contributed by atoms with Gasteiger partial charge in [-0.15, -0.1) is 11.3 Å². The maximum Gasteiger partial charge on any atom is 0.328 e. The predicted octanol–water partition coefficient (Wildman–Crippen LogP) is 1.52. The summed E-state index contributed by atoms with van der Waals surface area (Å²) in [6, 6.07) is 1.61. The lowest BCUT2D eigenvalue weighted by Gasteiger charge is -2.21. The average Bonchev–Trinajstić information content (AvgIpc) is 2.80. The Morgan fingerprint density at radius 3 is 2.75 bits per heavy atom. The van der Waals surface area contributed by atoms with E-state index >= 15 is 0 Å². The van der Waals surface area contributed by atoms with Gasteiger partial charge in [0.1, 0.15) is 0 Å². The standard InChI is InChI=1S/C12H18N2O4S2/c1-9(2)14(3)20(17,18)13-8-11-10(6-7-19-11)4-5-12(15)16/h4-7,9,13H,8H2,1-3H3,(H,15,16)/b5-4+. The van der Waals surface area contributed by atoms with Crippen LogP contribution in [0.4, 0.5) is 0 Å². The van der Waals surface area contributed by atoms with Crippen molar-refractivity contribution in [1.82, 2.24) is 9.03 Å². The Morgan fingerprint density at radius 1 is 1.55 bits per heavy atom. The van der Waals surface area contributed by atoms with Gasteiger partial charge in [0, 0.05) is 30.6 Å². The minimum Gasteiger partial charge on any atom is -0.478 e. The molecule has 0 unspecified atom stereocenters. The second kappa shape index (κ2) is 6.98. The molecular formula is C12H18N2O4S2. The highest BCUT2D eigenvalue weighted by molar-refractivity contribution is 7.87. The van der Waals surface area contributed by atoms with E-state index in [-0.39, 0.29) is 12.6 Å². The molecule has 1 aromatic rings. The van der Waals surface area contributed by atoms with E-state index in [0.717, 1.165) is 11.0 Å². The Hall–Kier alpha value is -1.22. The lowest BCUT2D eigenvalue weighted by atomic mass is 10.2. The molecule has 1 rings (SSSR count). The Bertz CT molecular complexity index is 590. The van der Waals surface area contributed by atoms with Gasteiger partial charge < -0.3 is 5.11 Å². The van der Waals surface area contributed by atoms with Crippen molar-refractivity contribution in [2.24, 2.45) is 0 Å². The number of aliphatic carboxylic acids is 1. The molecule has 2 N–H and O–H groups in total. The highest BCUT2D eigenvalue weighted by atomic mass is 32.2. The first-order chi connectivity index (χ1) is 9.24. The zero-order valence-electron chi connectivity index (χ0n) is 11.5. The van der Waals surface area contributed by atoms with Gasteiger partial charge in [0.2, 0.25) is 0 Å². The topological polar surface area (TPSA) is 86.7 Å². The Morgan fingerprint density at radius 2 is 2.20 bits per heavy atom. The van der Waals surface area contributed by atoms with E-state index < -0.39 is 16.2 Å². The van der Waals surface area contributed by atoms with Gasteiger partial charge in [-0.05, 0) is 36.9 Å². The molecule has 0 spiro atoms. The number of nitrogens with one attached hydrogen (secondary N) is 1. The molecule has 0 fully saturated rings. The Kier molecular flexibility index (Phi) is 5.88. The molecule has 20 heavy (non-hydrogen) atoms. The van der Waals surface area contributed by atoms with E-state index in [2.05, 4.69) is 4.72 Å². The SMILES string of the molecule is CC(C)N(C)S(=O)(=O)NCc1sccc1/C=C/C(=O)O. The molecule has 0 atom stereocenters. The average molecular weight is 318 g/mol. The van der Waals surface area contributed by atoms with Gasteiger partial charge in [-0.3, -0.25) is 0 Å². The molecule has 0 bridgehead atoms. The van der Waals surface area contributed by atoms with Crippen molar-refractivity contribution in [3.05, 3.63) is 28.0 Å². The monoisotopic (exact) mass is 318 g/mol. The molecule has 8 heteroatoms. The maximum atomic E-state index is 12.0. The normalized spacial score (nSPS) is 12.7. The molecule has 0 amide bonds. The second-order valence-corrected chi connectivity index (χ2v) is 7.22. The minimum atomic E-state index is -3.53. The molecule has 0 saturated carbocycles. The fraction of sp³-hybridized carbons (Fsp3) is 0.417.